The average molecular weight is 392 g/mol. The fourth-order valence-corrected chi connectivity index (χ4v) is 3.70. The first-order valence-electron chi connectivity index (χ1n) is 8.35. The van der Waals surface area contributed by atoms with Gasteiger partial charge in [-0.2, -0.15) is 0 Å². The van der Waals surface area contributed by atoms with Gasteiger partial charge in [-0.3, -0.25) is 4.79 Å². The maximum atomic E-state index is 12.1. The Morgan fingerprint density at radius 2 is 2.38 bits per heavy atom. The van der Waals surface area contributed by atoms with Crippen LogP contribution < -0.4 is 10.1 Å². The molecule has 3 heterocycles. The maximum absolute atomic E-state index is 12.1. The highest BCUT2D eigenvalue weighted by Crippen LogP contribution is 2.31. The number of benzene rings is 1. The zero-order valence-corrected chi connectivity index (χ0v) is 15.5. The first kappa shape index (κ1) is 17.3. The van der Waals surface area contributed by atoms with Crippen molar-refractivity contribution >= 4 is 39.7 Å². The van der Waals surface area contributed by atoms with Crippen LogP contribution in [0.1, 0.15) is 17.8 Å². The van der Waals surface area contributed by atoms with Gasteiger partial charge in [0.25, 0.3) is 0 Å². The Kier molecular flexibility index (Phi) is 5.10. The van der Waals surface area contributed by atoms with Gasteiger partial charge in [0.2, 0.25) is 5.91 Å². The summed E-state index contributed by atoms with van der Waals surface area (Å²) in [4.78, 5) is 19.6. The molecule has 1 amide bonds. The molecule has 1 aliphatic heterocycles. The molecule has 4 rings (SSSR count). The van der Waals surface area contributed by atoms with E-state index < -0.39 is 0 Å². The van der Waals surface area contributed by atoms with Crippen LogP contribution in [-0.4, -0.2) is 29.1 Å². The molecule has 1 fully saturated rings. The summed E-state index contributed by atoms with van der Waals surface area (Å²) in [6.07, 6.45) is 0.786. The van der Waals surface area contributed by atoms with Gasteiger partial charge in [0.15, 0.2) is 0 Å². The molecule has 0 saturated carbocycles. The van der Waals surface area contributed by atoms with Gasteiger partial charge in [-0.1, -0.05) is 11.6 Å². The zero-order chi connectivity index (χ0) is 17.9. The third-order valence-corrected chi connectivity index (χ3v) is 5.27. The first-order valence-corrected chi connectivity index (χ1v) is 9.67. The number of hydrogen-bond donors (Lipinski definition) is 2. The van der Waals surface area contributed by atoms with Crippen molar-refractivity contribution in [2.24, 2.45) is 5.92 Å². The molecule has 8 heteroatoms. The molecule has 1 saturated heterocycles. The van der Waals surface area contributed by atoms with Gasteiger partial charge in [-0.05, 0) is 18.6 Å². The Morgan fingerprint density at radius 1 is 1.46 bits per heavy atom. The number of amides is 1. The zero-order valence-electron chi connectivity index (χ0n) is 14.0. The lowest BCUT2D eigenvalue weighted by Gasteiger charge is -2.08. The van der Waals surface area contributed by atoms with Crippen LogP contribution in [0.5, 0.6) is 5.75 Å². The van der Waals surface area contributed by atoms with Crippen LogP contribution in [0.3, 0.4) is 0 Å². The number of ether oxygens (including phenoxy) is 2. The summed E-state index contributed by atoms with van der Waals surface area (Å²) in [5, 5.41) is 6.42. The lowest BCUT2D eigenvalue weighted by atomic mass is 10.1. The number of rotatable bonds is 6. The van der Waals surface area contributed by atoms with Crippen molar-refractivity contribution in [1.82, 2.24) is 15.3 Å². The van der Waals surface area contributed by atoms with Crippen molar-refractivity contribution in [3.05, 3.63) is 45.5 Å². The van der Waals surface area contributed by atoms with Crippen molar-refractivity contribution in [3.8, 4) is 5.75 Å². The number of carbonyl (C=O) groups excluding carboxylic acids is 1. The van der Waals surface area contributed by atoms with Gasteiger partial charge in [0.1, 0.15) is 12.4 Å². The monoisotopic (exact) mass is 391 g/mol. The number of nitrogens with one attached hydrogen (secondary N) is 2. The van der Waals surface area contributed by atoms with Gasteiger partial charge in [0.05, 0.1) is 35.3 Å². The quantitative estimate of drug-likeness (QED) is 0.674. The molecule has 136 valence electrons. The molecular formula is C18H18ClN3O3S. The topological polar surface area (TPSA) is 76.2 Å². The van der Waals surface area contributed by atoms with E-state index in [0.29, 0.717) is 37.1 Å². The van der Waals surface area contributed by atoms with Gasteiger partial charge in [-0.25, -0.2) is 4.98 Å². The highest BCUT2D eigenvalue weighted by molar-refractivity contribution is 7.07. The summed E-state index contributed by atoms with van der Waals surface area (Å²) in [5.74, 6) is 0.596. The molecule has 3 aromatic rings. The standard InChI is InChI=1S/C18H18ClN3O3S/c19-15-4-12-3-13(6-20-18(23)11-1-2-24-7-11)22-16(12)5-17(15)25-8-14-9-26-10-21-14/h3-5,9-11,22H,1-2,6-8H2,(H,20,23)/t11-/m0/s1. The number of carbonyl (C=O) groups is 1. The summed E-state index contributed by atoms with van der Waals surface area (Å²) in [6.45, 7) is 1.99. The minimum atomic E-state index is -0.0421. The largest absolute Gasteiger partial charge is 0.486 e. The van der Waals surface area contributed by atoms with E-state index in [4.69, 9.17) is 21.1 Å². The predicted molar refractivity (Wildman–Crippen MR) is 101 cm³/mol. The van der Waals surface area contributed by atoms with E-state index in [1.165, 1.54) is 11.3 Å². The highest BCUT2D eigenvalue weighted by Gasteiger charge is 2.23. The average Bonchev–Trinajstić information content (AvgIpc) is 3.38. The Balaban J connectivity index is 1.43. The summed E-state index contributed by atoms with van der Waals surface area (Å²) in [7, 11) is 0. The third-order valence-electron chi connectivity index (χ3n) is 4.34. The molecule has 0 unspecified atom stereocenters. The second-order valence-corrected chi connectivity index (χ2v) is 7.34. The van der Waals surface area contributed by atoms with Gasteiger partial charge >= 0.3 is 0 Å². The van der Waals surface area contributed by atoms with Crippen molar-refractivity contribution in [3.63, 3.8) is 0 Å². The van der Waals surface area contributed by atoms with Crippen molar-refractivity contribution < 1.29 is 14.3 Å². The number of H-pyrrole nitrogens is 1. The summed E-state index contributed by atoms with van der Waals surface area (Å²) < 4.78 is 11.0. The molecule has 2 aromatic heterocycles. The van der Waals surface area contributed by atoms with Crippen LogP contribution >= 0.6 is 22.9 Å². The predicted octanol–water partition coefficient (Wildman–Crippen LogP) is 3.51. The third kappa shape index (κ3) is 3.85. The van der Waals surface area contributed by atoms with Gasteiger partial charge in [0, 0.05) is 34.7 Å². The molecule has 2 N–H and O–H groups in total. The lowest BCUT2D eigenvalue weighted by Crippen LogP contribution is -2.30. The number of thiazole rings is 1. The number of halogens is 1. The molecule has 0 spiro atoms. The second kappa shape index (κ2) is 7.65. The Bertz CT molecular complexity index is 904. The molecule has 6 nitrogen and oxygen atoms in total. The minimum Gasteiger partial charge on any atom is -0.486 e. The molecule has 0 aliphatic carbocycles. The fraction of sp³-hybridized carbons (Fsp3) is 0.333. The van der Waals surface area contributed by atoms with E-state index in [2.05, 4.69) is 15.3 Å². The summed E-state index contributed by atoms with van der Waals surface area (Å²) in [6, 6.07) is 5.72. The molecule has 1 atom stereocenters. The molecule has 1 aliphatic rings. The van der Waals surface area contributed by atoms with Crippen LogP contribution in [0.4, 0.5) is 0 Å². The van der Waals surface area contributed by atoms with Crippen LogP contribution in [0.25, 0.3) is 10.9 Å². The molecule has 0 bridgehead atoms. The highest BCUT2D eigenvalue weighted by atomic mass is 35.5. The SMILES string of the molecule is O=C(NCc1cc2cc(Cl)c(OCc3cscn3)cc2[nH]1)[C@H]1CCOC1. The van der Waals surface area contributed by atoms with Crippen molar-refractivity contribution in [2.45, 2.75) is 19.6 Å². The smallest absolute Gasteiger partial charge is 0.225 e. The van der Waals surface area contributed by atoms with Crippen molar-refractivity contribution in [2.75, 3.05) is 13.2 Å². The Labute approximate surface area is 159 Å². The van der Waals surface area contributed by atoms with E-state index in [1.54, 1.807) is 5.51 Å². The number of fused-ring (bicyclic) bond motifs is 1. The van der Waals surface area contributed by atoms with E-state index in [-0.39, 0.29) is 11.8 Å². The number of hydrogen-bond acceptors (Lipinski definition) is 5. The fourth-order valence-electron chi connectivity index (χ4n) is 2.93. The van der Waals surface area contributed by atoms with E-state index in [1.807, 2.05) is 23.6 Å². The summed E-state index contributed by atoms with van der Waals surface area (Å²) in [5.41, 5.74) is 4.47. The Hall–Kier alpha value is -2.09. The first-order chi connectivity index (χ1) is 12.7. The molecule has 1 aromatic carbocycles. The van der Waals surface area contributed by atoms with Gasteiger partial charge in [-0.15, -0.1) is 11.3 Å². The second-order valence-electron chi connectivity index (χ2n) is 6.21. The maximum Gasteiger partial charge on any atom is 0.225 e. The van der Waals surface area contributed by atoms with Gasteiger partial charge < -0.3 is 19.8 Å². The van der Waals surface area contributed by atoms with Crippen LogP contribution in [0, 0.1) is 5.92 Å². The van der Waals surface area contributed by atoms with Crippen molar-refractivity contribution in [1.29, 1.82) is 0 Å². The van der Waals surface area contributed by atoms with Crippen LogP contribution in [-0.2, 0) is 22.7 Å². The van der Waals surface area contributed by atoms with E-state index in [0.717, 1.165) is 28.7 Å². The van der Waals surface area contributed by atoms with E-state index in [9.17, 15) is 4.79 Å². The molecule has 26 heavy (non-hydrogen) atoms. The summed E-state index contributed by atoms with van der Waals surface area (Å²) >= 11 is 7.85. The Morgan fingerprint density at radius 3 is 3.15 bits per heavy atom. The molecule has 0 radical (unpaired) electrons. The van der Waals surface area contributed by atoms with E-state index >= 15 is 0 Å². The normalized spacial score (nSPS) is 16.9. The van der Waals surface area contributed by atoms with Crippen LogP contribution in [0.2, 0.25) is 5.02 Å². The number of aromatic nitrogens is 2. The molecular weight excluding hydrogens is 374 g/mol. The lowest BCUT2D eigenvalue weighted by molar-refractivity contribution is -0.125. The number of nitrogens with zero attached hydrogens (tertiary/aromatic N) is 1. The minimum absolute atomic E-state index is 0.0338. The number of aromatic amines is 1. The van der Waals surface area contributed by atoms with Crippen LogP contribution in [0.15, 0.2) is 29.1 Å².